The largest absolute Gasteiger partial charge is 0.444 e. The molecule has 0 radical (unpaired) electrons. The summed E-state index contributed by atoms with van der Waals surface area (Å²) in [7, 11) is 3.96. The number of aliphatic imine (C=N–C) groups is 1. The van der Waals surface area contributed by atoms with Crippen LogP contribution in [0.1, 0.15) is 24.3 Å². The molecule has 7 nitrogen and oxygen atoms in total. The Balaban J connectivity index is 1.74. The zero-order valence-corrected chi connectivity index (χ0v) is 15.0. The molecule has 0 saturated carbocycles. The van der Waals surface area contributed by atoms with Crippen LogP contribution in [0.25, 0.3) is 0 Å². The first-order chi connectivity index (χ1) is 11.0. The Hall–Kier alpha value is -1.60. The van der Waals surface area contributed by atoms with E-state index in [0.29, 0.717) is 18.5 Å². The number of likely N-dealkylation sites (N-methyl/N-ethyl adjacent to an activating group) is 1. The maximum absolute atomic E-state index is 5.57. The van der Waals surface area contributed by atoms with Crippen LogP contribution in [0.5, 0.6) is 0 Å². The Morgan fingerprint density at radius 2 is 1.96 bits per heavy atom. The fourth-order valence-corrected chi connectivity index (χ4v) is 2.63. The third-order valence-corrected chi connectivity index (χ3v) is 4.43. The van der Waals surface area contributed by atoms with Gasteiger partial charge in [-0.1, -0.05) is 0 Å². The Morgan fingerprint density at radius 3 is 2.52 bits per heavy atom. The Bertz CT molecular complexity index is 499. The minimum atomic E-state index is 0.480. The highest BCUT2D eigenvalue weighted by atomic mass is 16.4. The van der Waals surface area contributed by atoms with Crippen LogP contribution in [0.2, 0.25) is 0 Å². The van der Waals surface area contributed by atoms with Crippen molar-refractivity contribution in [3.63, 3.8) is 0 Å². The van der Waals surface area contributed by atoms with Gasteiger partial charge in [0.15, 0.2) is 5.96 Å². The van der Waals surface area contributed by atoms with Crippen LogP contribution in [0, 0.1) is 13.8 Å². The van der Waals surface area contributed by atoms with E-state index in [1.807, 2.05) is 13.8 Å². The number of hydrogen-bond donors (Lipinski definition) is 2. The van der Waals surface area contributed by atoms with Crippen molar-refractivity contribution >= 4 is 5.96 Å². The monoisotopic (exact) mass is 322 g/mol. The maximum Gasteiger partial charge on any atom is 0.214 e. The van der Waals surface area contributed by atoms with Crippen molar-refractivity contribution in [2.45, 2.75) is 33.4 Å². The molecule has 1 aromatic rings. The summed E-state index contributed by atoms with van der Waals surface area (Å²) in [5.74, 6) is 2.34. The van der Waals surface area contributed by atoms with Gasteiger partial charge in [0.25, 0.3) is 0 Å². The molecule has 0 bridgehead atoms. The molecule has 2 N–H and O–H groups in total. The van der Waals surface area contributed by atoms with Gasteiger partial charge in [-0.05, 0) is 27.8 Å². The number of guanidine groups is 1. The van der Waals surface area contributed by atoms with Crippen molar-refractivity contribution in [3.05, 3.63) is 17.3 Å². The van der Waals surface area contributed by atoms with Crippen LogP contribution >= 0.6 is 0 Å². The maximum atomic E-state index is 5.57. The topological polar surface area (TPSA) is 68.9 Å². The van der Waals surface area contributed by atoms with Gasteiger partial charge in [-0.2, -0.15) is 0 Å². The predicted molar refractivity (Wildman–Crippen MR) is 92.7 cm³/mol. The first kappa shape index (κ1) is 17.7. The van der Waals surface area contributed by atoms with Crippen molar-refractivity contribution in [2.75, 3.05) is 46.8 Å². The highest BCUT2D eigenvalue weighted by Gasteiger charge is 2.19. The van der Waals surface area contributed by atoms with Crippen LogP contribution in [0.4, 0.5) is 0 Å². The number of nitrogens with zero attached hydrogens (tertiary/aromatic N) is 4. The highest BCUT2D eigenvalue weighted by Crippen LogP contribution is 2.07. The third-order valence-electron chi connectivity index (χ3n) is 4.43. The predicted octanol–water partition coefficient (Wildman–Crippen LogP) is 0.592. The SMILES string of the molecule is CN=C(NCc1nc(C)c(C)o1)NCC(C)N1CCN(C)CC1. The second-order valence-corrected chi connectivity index (χ2v) is 6.24. The smallest absolute Gasteiger partial charge is 0.214 e. The molecule has 130 valence electrons. The first-order valence-electron chi connectivity index (χ1n) is 8.29. The van der Waals surface area contributed by atoms with Gasteiger partial charge in [0.1, 0.15) is 5.76 Å². The molecule has 2 heterocycles. The molecule has 23 heavy (non-hydrogen) atoms. The third kappa shape index (κ3) is 5.21. The van der Waals surface area contributed by atoms with Gasteiger partial charge in [-0.3, -0.25) is 9.89 Å². The number of hydrogen-bond acceptors (Lipinski definition) is 5. The Labute approximate surface area is 139 Å². The van der Waals surface area contributed by atoms with Crippen molar-refractivity contribution in [1.82, 2.24) is 25.4 Å². The van der Waals surface area contributed by atoms with Crippen LogP contribution in [-0.2, 0) is 6.54 Å². The van der Waals surface area contributed by atoms with E-state index in [1.165, 1.54) is 0 Å². The second-order valence-electron chi connectivity index (χ2n) is 6.24. The number of nitrogens with one attached hydrogen (secondary N) is 2. The molecule has 1 atom stereocenters. The van der Waals surface area contributed by atoms with E-state index in [1.54, 1.807) is 7.05 Å². The van der Waals surface area contributed by atoms with Crippen molar-refractivity contribution < 1.29 is 4.42 Å². The molecular formula is C16H30N6O. The fourth-order valence-electron chi connectivity index (χ4n) is 2.63. The molecule has 0 aromatic carbocycles. The number of oxazole rings is 1. The molecule has 0 amide bonds. The Morgan fingerprint density at radius 1 is 1.26 bits per heavy atom. The molecule has 1 saturated heterocycles. The standard InChI is InChI=1S/C16H30N6O/c1-12(22-8-6-21(5)7-9-22)10-18-16(17-4)19-11-15-20-13(2)14(3)23-15/h12H,6-11H2,1-5H3,(H2,17,18,19). The van der Waals surface area contributed by atoms with E-state index in [4.69, 9.17) is 4.42 Å². The number of rotatable bonds is 5. The van der Waals surface area contributed by atoms with E-state index >= 15 is 0 Å². The summed E-state index contributed by atoms with van der Waals surface area (Å²) < 4.78 is 5.57. The van der Waals surface area contributed by atoms with E-state index in [-0.39, 0.29) is 0 Å². The first-order valence-corrected chi connectivity index (χ1v) is 8.29. The van der Waals surface area contributed by atoms with Crippen molar-refractivity contribution in [1.29, 1.82) is 0 Å². The molecule has 1 fully saturated rings. The summed E-state index contributed by atoms with van der Waals surface area (Å²) in [4.78, 5) is 13.5. The van der Waals surface area contributed by atoms with Crippen LogP contribution in [0.3, 0.4) is 0 Å². The molecule has 0 spiro atoms. The van der Waals surface area contributed by atoms with Gasteiger partial charge in [0.2, 0.25) is 5.89 Å². The summed E-state index contributed by atoms with van der Waals surface area (Å²) >= 11 is 0. The van der Waals surface area contributed by atoms with Crippen molar-refractivity contribution in [2.24, 2.45) is 4.99 Å². The summed E-state index contributed by atoms with van der Waals surface area (Å²) in [6.45, 7) is 12.1. The van der Waals surface area contributed by atoms with E-state index in [9.17, 15) is 0 Å². The minimum Gasteiger partial charge on any atom is -0.444 e. The Kier molecular flexibility index (Phi) is 6.41. The van der Waals surface area contributed by atoms with Crippen LogP contribution < -0.4 is 10.6 Å². The summed E-state index contributed by atoms with van der Waals surface area (Å²) in [6, 6.07) is 0.480. The molecule has 1 aliphatic heterocycles. The number of piperazine rings is 1. The average Bonchev–Trinajstić information content (AvgIpc) is 2.86. The van der Waals surface area contributed by atoms with Gasteiger partial charge >= 0.3 is 0 Å². The minimum absolute atomic E-state index is 0.480. The summed E-state index contributed by atoms with van der Waals surface area (Å²) in [5.41, 5.74) is 0.938. The normalized spacial score (nSPS) is 18.9. The van der Waals surface area contributed by atoms with Gasteiger partial charge < -0.3 is 20.0 Å². The van der Waals surface area contributed by atoms with Gasteiger partial charge in [0, 0.05) is 45.8 Å². The van der Waals surface area contributed by atoms with Crippen LogP contribution in [0.15, 0.2) is 9.41 Å². The lowest BCUT2D eigenvalue weighted by Crippen LogP contribution is -2.52. The number of aryl methyl sites for hydroxylation is 2. The molecule has 0 aliphatic carbocycles. The van der Waals surface area contributed by atoms with Gasteiger partial charge in [0.05, 0.1) is 12.2 Å². The zero-order valence-electron chi connectivity index (χ0n) is 15.0. The highest BCUT2D eigenvalue weighted by molar-refractivity contribution is 5.79. The van der Waals surface area contributed by atoms with Gasteiger partial charge in [-0.25, -0.2) is 4.98 Å². The molecule has 1 unspecified atom stereocenters. The molecule has 1 aliphatic rings. The van der Waals surface area contributed by atoms with Gasteiger partial charge in [-0.15, -0.1) is 0 Å². The second kappa shape index (κ2) is 8.31. The fraction of sp³-hybridized carbons (Fsp3) is 0.750. The average molecular weight is 322 g/mol. The quantitative estimate of drug-likeness (QED) is 0.611. The van der Waals surface area contributed by atoms with Crippen LogP contribution in [-0.4, -0.2) is 73.6 Å². The molecule has 2 rings (SSSR count). The lowest BCUT2D eigenvalue weighted by molar-refractivity contribution is 0.120. The summed E-state index contributed by atoms with van der Waals surface area (Å²) in [5, 5.41) is 6.63. The zero-order chi connectivity index (χ0) is 16.8. The number of aromatic nitrogens is 1. The van der Waals surface area contributed by atoms with E-state index < -0.39 is 0 Å². The molecule has 1 aromatic heterocycles. The van der Waals surface area contributed by atoms with E-state index in [2.05, 4.69) is 44.4 Å². The van der Waals surface area contributed by atoms with E-state index in [0.717, 1.165) is 50.1 Å². The molecule has 7 heteroatoms. The lowest BCUT2D eigenvalue weighted by Gasteiger charge is -2.36. The van der Waals surface area contributed by atoms with Crippen molar-refractivity contribution in [3.8, 4) is 0 Å². The molecular weight excluding hydrogens is 292 g/mol. The lowest BCUT2D eigenvalue weighted by atomic mass is 10.2. The summed E-state index contributed by atoms with van der Waals surface area (Å²) in [6.07, 6.45) is 0.